The van der Waals surface area contributed by atoms with E-state index in [1.54, 1.807) is 6.08 Å². The lowest BCUT2D eigenvalue weighted by Gasteiger charge is -2.20. The molecule has 85 heavy (non-hydrogen) atoms. The van der Waals surface area contributed by atoms with Crippen molar-refractivity contribution in [2.45, 2.75) is 456 Å². The Labute approximate surface area is 532 Å². The molecule has 0 saturated carbocycles. The molecule has 0 aromatic heterocycles. The molecule has 0 spiro atoms. The molecular formula is C79H153NO5. The number of hydrogen-bond donors (Lipinski definition) is 3. The number of nitrogens with one attached hydrogen (secondary N) is 1. The zero-order valence-corrected chi connectivity index (χ0v) is 57.9. The molecule has 0 aliphatic carbocycles. The molecule has 1 amide bonds. The average Bonchev–Trinajstić information content (AvgIpc) is 3.51. The third-order valence-corrected chi connectivity index (χ3v) is 18.5. The van der Waals surface area contributed by atoms with Gasteiger partial charge in [-0.05, 0) is 57.8 Å². The quantitative estimate of drug-likeness (QED) is 0.0320. The van der Waals surface area contributed by atoms with Crippen LogP contribution in [0.1, 0.15) is 444 Å². The fourth-order valence-corrected chi connectivity index (χ4v) is 12.5. The molecule has 0 aliphatic heterocycles. The first-order valence-electron chi connectivity index (χ1n) is 39.1. The molecule has 6 heteroatoms. The van der Waals surface area contributed by atoms with Crippen molar-refractivity contribution < 1.29 is 24.5 Å². The van der Waals surface area contributed by atoms with E-state index in [-0.39, 0.29) is 18.5 Å². The van der Waals surface area contributed by atoms with E-state index < -0.39 is 12.1 Å². The summed E-state index contributed by atoms with van der Waals surface area (Å²) in [4.78, 5) is 24.7. The fourth-order valence-electron chi connectivity index (χ4n) is 12.5. The van der Waals surface area contributed by atoms with Crippen LogP contribution in [0.4, 0.5) is 0 Å². The number of hydrogen-bond acceptors (Lipinski definition) is 5. The molecule has 0 bridgehead atoms. The summed E-state index contributed by atoms with van der Waals surface area (Å²) in [6.07, 6.45) is 95.8. The summed E-state index contributed by atoms with van der Waals surface area (Å²) < 4.78 is 5.52. The highest BCUT2D eigenvalue weighted by molar-refractivity contribution is 5.76. The predicted molar refractivity (Wildman–Crippen MR) is 375 cm³/mol. The molecule has 3 N–H and O–H groups in total. The number of carbonyl (C=O) groups is 2. The van der Waals surface area contributed by atoms with E-state index in [9.17, 15) is 19.8 Å². The van der Waals surface area contributed by atoms with Gasteiger partial charge in [0.2, 0.25) is 5.91 Å². The molecule has 504 valence electrons. The van der Waals surface area contributed by atoms with Crippen molar-refractivity contribution in [3.8, 4) is 0 Å². The van der Waals surface area contributed by atoms with Crippen LogP contribution in [-0.2, 0) is 14.3 Å². The molecular weight excluding hydrogens is 1040 g/mol. The Kier molecular flexibility index (Phi) is 73.3. The van der Waals surface area contributed by atoms with Crippen LogP contribution in [0.3, 0.4) is 0 Å². The molecule has 0 radical (unpaired) electrons. The molecule has 0 heterocycles. The minimum absolute atomic E-state index is 0.0204. The maximum absolute atomic E-state index is 12.5. The molecule has 0 rings (SSSR count). The Hall–Kier alpha value is -1.66. The molecule has 2 atom stereocenters. The Morgan fingerprint density at radius 2 is 0.553 bits per heavy atom. The first-order chi connectivity index (χ1) is 42.0. The first kappa shape index (κ1) is 83.3. The number of rotatable bonds is 74. The van der Waals surface area contributed by atoms with Gasteiger partial charge in [0.05, 0.1) is 25.4 Å². The molecule has 0 fully saturated rings. The van der Waals surface area contributed by atoms with Gasteiger partial charge in [0.25, 0.3) is 0 Å². The van der Waals surface area contributed by atoms with Crippen LogP contribution in [0.25, 0.3) is 0 Å². The van der Waals surface area contributed by atoms with Crippen LogP contribution in [0.2, 0.25) is 0 Å². The van der Waals surface area contributed by atoms with Crippen LogP contribution in [0.5, 0.6) is 0 Å². The zero-order chi connectivity index (χ0) is 61.3. The smallest absolute Gasteiger partial charge is 0.305 e. The van der Waals surface area contributed by atoms with Gasteiger partial charge in [-0.1, -0.05) is 398 Å². The second kappa shape index (κ2) is 74.8. The topological polar surface area (TPSA) is 95.9 Å². The summed E-state index contributed by atoms with van der Waals surface area (Å²) in [7, 11) is 0. The van der Waals surface area contributed by atoms with Crippen molar-refractivity contribution in [3.05, 3.63) is 24.3 Å². The minimum atomic E-state index is -0.842. The maximum atomic E-state index is 12.5. The van der Waals surface area contributed by atoms with Crippen molar-refractivity contribution in [2.75, 3.05) is 13.2 Å². The Bertz CT molecular complexity index is 1330. The van der Waals surface area contributed by atoms with Crippen LogP contribution >= 0.6 is 0 Å². The molecule has 0 aliphatic rings. The number of ether oxygens (including phenoxy) is 1. The summed E-state index contributed by atoms with van der Waals surface area (Å²) in [5.74, 6) is -0.0394. The molecule has 0 aromatic carbocycles. The number of carbonyl (C=O) groups excluding carboxylic acids is 2. The van der Waals surface area contributed by atoms with Crippen LogP contribution in [0.15, 0.2) is 24.3 Å². The molecule has 6 nitrogen and oxygen atoms in total. The number of aliphatic hydroxyl groups excluding tert-OH is 2. The normalized spacial score (nSPS) is 12.6. The number of unbranched alkanes of at least 4 members (excludes halogenated alkanes) is 61. The Balaban J connectivity index is 3.34. The van der Waals surface area contributed by atoms with E-state index >= 15 is 0 Å². The minimum Gasteiger partial charge on any atom is -0.466 e. The lowest BCUT2D eigenvalue weighted by Crippen LogP contribution is -2.45. The van der Waals surface area contributed by atoms with Gasteiger partial charge in [-0.3, -0.25) is 9.59 Å². The number of esters is 1. The lowest BCUT2D eigenvalue weighted by molar-refractivity contribution is -0.143. The number of amides is 1. The van der Waals surface area contributed by atoms with E-state index in [0.717, 1.165) is 38.5 Å². The lowest BCUT2D eigenvalue weighted by atomic mass is 10.0. The summed E-state index contributed by atoms with van der Waals surface area (Å²) in [6.45, 7) is 4.95. The van der Waals surface area contributed by atoms with Crippen molar-refractivity contribution in [1.82, 2.24) is 5.32 Å². The molecule has 0 aromatic rings. The summed E-state index contributed by atoms with van der Waals surface area (Å²) in [5, 5.41) is 23.3. The molecule has 0 saturated heterocycles. The van der Waals surface area contributed by atoms with Gasteiger partial charge in [-0.2, -0.15) is 0 Å². The number of aliphatic hydroxyl groups is 2. The predicted octanol–water partition coefficient (Wildman–Crippen LogP) is 25.7. The van der Waals surface area contributed by atoms with Gasteiger partial charge in [0.15, 0.2) is 0 Å². The van der Waals surface area contributed by atoms with E-state index in [0.29, 0.717) is 19.4 Å². The number of allylic oxidation sites excluding steroid dienone is 3. The summed E-state index contributed by atoms with van der Waals surface area (Å²) >= 11 is 0. The van der Waals surface area contributed by atoms with Crippen molar-refractivity contribution in [3.63, 3.8) is 0 Å². The van der Waals surface area contributed by atoms with Crippen molar-refractivity contribution in [2.24, 2.45) is 0 Å². The second-order valence-corrected chi connectivity index (χ2v) is 27.0. The largest absolute Gasteiger partial charge is 0.466 e. The summed E-state index contributed by atoms with van der Waals surface area (Å²) in [5.41, 5.74) is 0. The van der Waals surface area contributed by atoms with Crippen molar-refractivity contribution >= 4 is 11.9 Å². The fraction of sp³-hybridized carbons (Fsp3) is 0.924. The van der Waals surface area contributed by atoms with Crippen LogP contribution in [-0.4, -0.2) is 47.4 Å². The standard InChI is InChI=1S/C79H153NO5/c1-3-5-7-9-11-13-15-17-19-21-35-39-43-47-51-55-59-63-67-71-77(82)76(75-81)80-78(83)72-68-64-60-56-52-48-44-40-37-33-31-29-27-25-23-24-26-28-30-32-34-38-42-46-50-54-58-62-66-70-74-85-79(84)73-69-65-61-57-53-49-45-41-36-22-20-18-16-14-12-10-8-6-4-2/h18,20,67,71,76-77,81-82H,3-17,19,21-66,68-70,72-75H2,1-2H3,(H,80,83)/b20-18-,71-67+. The van der Waals surface area contributed by atoms with Crippen LogP contribution < -0.4 is 5.32 Å². The molecule has 2 unspecified atom stereocenters. The monoisotopic (exact) mass is 1200 g/mol. The van der Waals surface area contributed by atoms with Gasteiger partial charge in [-0.15, -0.1) is 0 Å². The van der Waals surface area contributed by atoms with Gasteiger partial charge in [0.1, 0.15) is 0 Å². The van der Waals surface area contributed by atoms with Gasteiger partial charge in [0, 0.05) is 12.8 Å². The first-order valence-corrected chi connectivity index (χ1v) is 39.1. The van der Waals surface area contributed by atoms with Gasteiger partial charge in [-0.25, -0.2) is 0 Å². The summed E-state index contributed by atoms with van der Waals surface area (Å²) in [6, 6.07) is -0.625. The van der Waals surface area contributed by atoms with Gasteiger partial charge >= 0.3 is 5.97 Å². The average molecular weight is 1200 g/mol. The zero-order valence-electron chi connectivity index (χ0n) is 57.9. The van der Waals surface area contributed by atoms with E-state index in [1.807, 2.05) is 6.08 Å². The van der Waals surface area contributed by atoms with Gasteiger partial charge < -0.3 is 20.3 Å². The highest BCUT2D eigenvalue weighted by Crippen LogP contribution is 2.20. The second-order valence-electron chi connectivity index (χ2n) is 27.0. The SMILES string of the molecule is CCCCCCCC/C=C\CCCCCCCCCCCC(=O)OCCCCCCCCCCCCCCCCCCCCCCCCCCCCCCCCC(=O)NC(CO)C(O)/C=C/CCCCCCCCCCCCCCCCCCC. The van der Waals surface area contributed by atoms with E-state index in [2.05, 4.69) is 31.3 Å². The highest BCUT2D eigenvalue weighted by atomic mass is 16.5. The Morgan fingerprint density at radius 3 is 0.835 bits per heavy atom. The maximum Gasteiger partial charge on any atom is 0.305 e. The van der Waals surface area contributed by atoms with E-state index in [1.165, 1.54) is 379 Å². The van der Waals surface area contributed by atoms with E-state index in [4.69, 9.17) is 4.74 Å². The third-order valence-electron chi connectivity index (χ3n) is 18.5. The van der Waals surface area contributed by atoms with Crippen LogP contribution in [0, 0.1) is 0 Å². The van der Waals surface area contributed by atoms with Crippen molar-refractivity contribution in [1.29, 1.82) is 0 Å². The highest BCUT2D eigenvalue weighted by Gasteiger charge is 2.18. The third kappa shape index (κ3) is 71.3. The Morgan fingerprint density at radius 1 is 0.318 bits per heavy atom.